The van der Waals surface area contributed by atoms with Crippen LogP contribution in [0, 0.1) is 0 Å². The molecule has 0 bridgehead atoms. The Kier molecular flexibility index (Phi) is 13.7. The van der Waals surface area contributed by atoms with E-state index in [9.17, 15) is 9.59 Å². The normalized spacial score (nSPS) is 11.0. The van der Waals surface area contributed by atoms with Crippen molar-refractivity contribution in [1.29, 1.82) is 0 Å². The van der Waals surface area contributed by atoms with Gasteiger partial charge in [-0.1, -0.05) is 64.9 Å². The first kappa shape index (κ1) is 20.7. The number of carboxylic acid groups (broad SMARTS) is 1. The summed E-state index contributed by atoms with van der Waals surface area (Å²) in [6.45, 7) is 5.24. The molecule has 0 atom stereocenters. The van der Waals surface area contributed by atoms with Crippen LogP contribution >= 0.6 is 0 Å². The predicted octanol–water partition coefficient (Wildman–Crippen LogP) is 4.40. The zero-order valence-electron chi connectivity index (χ0n) is 14.4. The van der Waals surface area contributed by atoms with E-state index < -0.39 is 5.97 Å². The summed E-state index contributed by atoms with van der Waals surface area (Å²) in [4.78, 5) is 24.5. The minimum atomic E-state index is -0.852. The molecule has 1 amide bonds. The lowest BCUT2D eigenvalue weighted by atomic mass is 10.1. The third kappa shape index (κ3) is 12.4. The second-order valence-corrected chi connectivity index (χ2v) is 5.78. The summed E-state index contributed by atoms with van der Waals surface area (Å²) in [5, 5.41) is 8.79. The van der Waals surface area contributed by atoms with Crippen LogP contribution in [0.5, 0.6) is 0 Å². The van der Waals surface area contributed by atoms with Gasteiger partial charge >= 0.3 is 5.97 Å². The molecule has 0 fully saturated rings. The lowest BCUT2D eigenvalue weighted by molar-refractivity contribution is -0.138. The van der Waals surface area contributed by atoms with Crippen molar-refractivity contribution in [3.8, 4) is 0 Å². The molecule has 0 aliphatic heterocycles. The Hall–Kier alpha value is -1.32. The van der Waals surface area contributed by atoms with Gasteiger partial charge in [0.05, 0.1) is 6.42 Å². The van der Waals surface area contributed by atoms with E-state index in [1.807, 2.05) is 6.08 Å². The number of carboxylic acids is 1. The quantitative estimate of drug-likeness (QED) is 0.382. The number of rotatable bonds is 14. The summed E-state index contributed by atoms with van der Waals surface area (Å²) in [5.41, 5.74) is 0. The molecule has 0 heterocycles. The summed E-state index contributed by atoms with van der Waals surface area (Å²) in [7, 11) is 0. The number of carbonyl (C=O) groups excluding carboxylic acids is 1. The van der Waals surface area contributed by atoms with E-state index in [0.29, 0.717) is 13.1 Å². The van der Waals surface area contributed by atoms with Gasteiger partial charge in [0.1, 0.15) is 0 Å². The molecule has 4 nitrogen and oxygen atoms in total. The van der Waals surface area contributed by atoms with Crippen LogP contribution in [-0.2, 0) is 9.59 Å². The van der Waals surface area contributed by atoms with Crippen molar-refractivity contribution in [3.63, 3.8) is 0 Å². The van der Waals surface area contributed by atoms with Gasteiger partial charge in [0.15, 0.2) is 0 Å². The van der Waals surface area contributed by atoms with E-state index in [1.54, 1.807) is 11.0 Å². The fourth-order valence-electron chi connectivity index (χ4n) is 2.28. The maximum Gasteiger partial charge on any atom is 0.305 e. The maximum atomic E-state index is 12.1. The third-order valence-corrected chi connectivity index (χ3v) is 3.65. The van der Waals surface area contributed by atoms with Gasteiger partial charge in [-0.2, -0.15) is 0 Å². The van der Waals surface area contributed by atoms with Gasteiger partial charge in [0, 0.05) is 13.1 Å². The molecule has 1 N–H and O–H groups in total. The molecule has 0 rings (SSSR count). The SMILES string of the molecule is CCC/C=C/C(=O)N(CCCCCCCCC)CCC(=O)O. The molecule has 4 heteroatoms. The summed E-state index contributed by atoms with van der Waals surface area (Å²) in [5.74, 6) is -0.907. The first-order chi connectivity index (χ1) is 10.6. The summed E-state index contributed by atoms with van der Waals surface area (Å²) >= 11 is 0. The van der Waals surface area contributed by atoms with Gasteiger partial charge < -0.3 is 10.0 Å². The number of unbranched alkanes of at least 4 members (excludes halogenated alkanes) is 7. The monoisotopic (exact) mass is 311 g/mol. The van der Waals surface area contributed by atoms with Crippen molar-refractivity contribution in [1.82, 2.24) is 4.90 Å². The van der Waals surface area contributed by atoms with Crippen LogP contribution in [0.2, 0.25) is 0 Å². The zero-order valence-corrected chi connectivity index (χ0v) is 14.4. The van der Waals surface area contributed by atoms with Crippen LogP contribution in [0.15, 0.2) is 12.2 Å². The standard InChI is InChI=1S/C18H33NO3/c1-3-5-7-8-9-10-12-15-19(16-14-18(21)22)17(20)13-11-6-4-2/h11,13H,3-10,12,14-16H2,1-2H3,(H,21,22)/b13-11+. The van der Waals surface area contributed by atoms with Gasteiger partial charge in [-0.05, 0) is 18.9 Å². The van der Waals surface area contributed by atoms with E-state index in [2.05, 4.69) is 13.8 Å². The van der Waals surface area contributed by atoms with Gasteiger partial charge in [-0.15, -0.1) is 0 Å². The Morgan fingerprint density at radius 3 is 2.14 bits per heavy atom. The van der Waals surface area contributed by atoms with Gasteiger partial charge in [-0.3, -0.25) is 9.59 Å². The van der Waals surface area contributed by atoms with Crippen molar-refractivity contribution in [2.45, 2.75) is 78.1 Å². The number of carbonyl (C=O) groups is 2. The number of hydrogen-bond donors (Lipinski definition) is 1. The number of allylic oxidation sites excluding steroid dienone is 1. The predicted molar refractivity (Wildman–Crippen MR) is 90.9 cm³/mol. The van der Waals surface area contributed by atoms with Crippen molar-refractivity contribution >= 4 is 11.9 Å². The zero-order chi connectivity index (χ0) is 16.6. The second-order valence-electron chi connectivity index (χ2n) is 5.78. The second kappa shape index (κ2) is 14.6. The van der Waals surface area contributed by atoms with Crippen LogP contribution in [0.4, 0.5) is 0 Å². The van der Waals surface area contributed by atoms with Crippen LogP contribution in [0.1, 0.15) is 78.1 Å². The Balaban J connectivity index is 4.07. The van der Waals surface area contributed by atoms with Crippen LogP contribution in [-0.4, -0.2) is 35.0 Å². The molecule has 0 aromatic heterocycles. The molecule has 0 aromatic carbocycles. The van der Waals surface area contributed by atoms with Crippen molar-refractivity contribution < 1.29 is 14.7 Å². The van der Waals surface area contributed by atoms with Crippen LogP contribution < -0.4 is 0 Å². The molecule has 0 spiro atoms. The summed E-state index contributed by atoms with van der Waals surface area (Å²) in [6, 6.07) is 0. The average Bonchev–Trinajstić information content (AvgIpc) is 2.49. The van der Waals surface area contributed by atoms with E-state index in [1.165, 1.54) is 32.1 Å². The van der Waals surface area contributed by atoms with E-state index in [4.69, 9.17) is 5.11 Å². The summed E-state index contributed by atoms with van der Waals surface area (Å²) in [6.07, 6.45) is 13.7. The molecule has 22 heavy (non-hydrogen) atoms. The molecule has 0 aliphatic rings. The number of hydrogen-bond acceptors (Lipinski definition) is 2. The minimum Gasteiger partial charge on any atom is -0.481 e. The molecule has 0 radical (unpaired) electrons. The summed E-state index contributed by atoms with van der Waals surface area (Å²) < 4.78 is 0. The maximum absolute atomic E-state index is 12.1. The molecular formula is C18H33NO3. The number of aliphatic carboxylic acids is 1. The molecule has 0 unspecified atom stereocenters. The van der Waals surface area contributed by atoms with Crippen molar-refractivity contribution in [2.75, 3.05) is 13.1 Å². The molecule has 0 saturated carbocycles. The topological polar surface area (TPSA) is 57.6 Å². The molecule has 0 aromatic rings. The van der Waals surface area contributed by atoms with Gasteiger partial charge in [0.2, 0.25) is 5.91 Å². The highest BCUT2D eigenvalue weighted by molar-refractivity contribution is 5.87. The van der Waals surface area contributed by atoms with Crippen LogP contribution in [0.3, 0.4) is 0 Å². The lowest BCUT2D eigenvalue weighted by Crippen LogP contribution is -2.32. The largest absolute Gasteiger partial charge is 0.481 e. The highest BCUT2D eigenvalue weighted by Crippen LogP contribution is 2.08. The molecule has 128 valence electrons. The van der Waals surface area contributed by atoms with Crippen molar-refractivity contribution in [2.24, 2.45) is 0 Å². The lowest BCUT2D eigenvalue weighted by Gasteiger charge is -2.20. The molecular weight excluding hydrogens is 278 g/mol. The smallest absolute Gasteiger partial charge is 0.305 e. The van der Waals surface area contributed by atoms with Gasteiger partial charge in [-0.25, -0.2) is 0 Å². The van der Waals surface area contributed by atoms with E-state index >= 15 is 0 Å². The Bertz CT molecular complexity index is 326. The first-order valence-corrected chi connectivity index (χ1v) is 8.79. The van der Waals surface area contributed by atoms with E-state index in [0.717, 1.165) is 25.7 Å². The van der Waals surface area contributed by atoms with E-state index in [-0.39, 0.29) is 12.3 Å². The molecule has 0 saturated heterocycles. The number of amides is 1. The van der Waals surface area contributed by atoms with Gasteiger partial charge in [0.25, 0.3) is 0 Å². The Labute approximate surface area is 135 Å². The minimum absolute atomic E-state index is 0.0177. The average molecular weight is 311 g/mol. The number of nitrogens with zero attached hydrogens (tertiary/aromatic N) is 1. The Morgan fingerprint density at radius 2 is 1.55 bits per heavy atom. The Morgan fingerprint density at radius 1 is 0.909 bits per heavy atom. The van der Waals surface area contributed by atoms with Crippen molar-refractivity contribution in [3.05, 3.63) is 12.2 Å². The molecule has 0 aliphatic carbocycles. The highest BCUT2D eigenvalue weighted by Gasteiger charge is 2.11. The fraction of sp³-hybridized carbons (Fsp3) is 0.778. The first-order valence-electron chi connectivity index (χ1n) is 8.79. The highest BCUT2D eigenvalue weighted by atomic mass is 16.4. The fourth-order valence-corrected chi connectivity index (χ4v) is 2.28. The van der Waals surface area contributed by atoms with Crippen LogP contribution in [0.25, 0.3) is 0 Å². The third-order valence-electron chi connectivity index (χ3n) is 3.65.